The first kappa shape index (κ1) is 26.9. The molecule has 41 heavy (non-hydrogen) atoms. The number of hydrogen-bond donors (Lipinski definition) is 0. The fourth-order valence-electron chi connectivity index (χ4n) is 5.85. The highest BCUT2D eigenvalue weighted by atomic mass is 32.2. The number of thioether (sulfide) groups is 1. The minimum atomic E-state index is -0.435. The molecule has 0 amide bonds. The van der Waals surface area contributed by atoms with Crippen LogP contribution in [0.25, 0.3) is 21.8 Å². The molecule has 6 aromatic rings. The maximum absolute atomic E-state index is 13.9. The lowest BCUT2D eigenvalue weighted by Gasteiger charge is -2.22. The van der Waals surface area contributed by atoms with Gasteiger partial charge in [-0.05, 0) is 53.5 Å². The molecule has 6 rings (SSSR count). The lowest BCUT2D eigenvalue weighted by Crippen LogP contribution is -2.20. The van der Waals surface area contributed by atoms with Crippen LogP contribution < -0.4 is 0 Å². The van der Waals surface area contributed by atoms with Crippen molar-refractivity contribution in [1.82, 2.24) is 4.57 Å². The van der Waals surface area contributed by atoms with E-state index >= 15 is 0 Å². The highest BCUT2D eigenvalue weighted by Gasteiger charge is 2.29. The standard InChI is InChI=1S/C37H33NO2S/c1-26-22-31(32(23-27-14-6-3-7-15-27)37(39)40-25-29-18-10-5-11-19-29)36(41-2)35-34(26)30-20-12-13-21-33(30)38(35)24-28-16-8-4-9-17-28/h3-22,32H,23-25H2,1-2H3. The Labute approximate surface area is 245 Å². The molecule has 0 saturated heterocycles. The second kappa shape index (κ2) is 12.1. The molecule has 1 heterocycles. The number of nitrogens with zero attached hydrogens (tertiary/aromatic N) is 1. The Bertz CT molecular complexity index is 1790. The number of para-hydroxylation sites is 1. The van der Waals surface area contributed by atoms with Gasteiger partial charge in [0.05, 0.1) is 11.4 Å². The summed E-state index contributed by atoms with van der Waals surface area (Å²) in [6.45, 7) is 3.18. The molecule has 4 heteroatoms. The summed E-state index contributed by atoms with van der Waals surface area (Å²) < 4.78 is 8.43. The Morgan fingerprint density at radius 1 is 0.780 bits per heavy atom. The zero-order chi connectivity index (χ0) is 28.2. The molecule has 1 unspecified atom stereocenters. The van der Waals surface area contributed by atoms with Crippen LogP contribution >= 0.6 is 11.8 Å². The normalized spacial score (nSPS) is 12.0. The molecule has 3 nitrogen and oxygen atoms in total. The van der Waals surface area contributed by atoms with Crippen molar-refractivity contribution in [2.24, 2.45) is 0 Å². The molecule has 0 saturated carbocycles. The van der Waals surface area contributed by atoms with E-state index in [0.717, 1.165) is 28.1 Å². The van der Waals surface area contributed by atoms with Gasteiger partial charge in [0.25, 0.3) is 0 Å². The van der Waals surface area contributed by atoms with Crippen LogP contribution in [0.5, 0.6) is 0 Å². The topological polar surface area (TPSA) is 31.2 Å². The second-order valence-electron chi connectivity index (χ2n) is 10.5. The largest absolute Gasteiger partial charge is 0.460 e. The van der Waals surface area contributed by atoms with Crippen LogP contribution in [-0.4, -0.2) is 16.8 Å². The third-order valence-electron chi connectivity index (χ3n) is 7.77. The maximum Gasteiger partial charge on any atom is 0.314 e. The van der Waals surface area contributed by atoms with Crippen LogP contribution in [0.2, 0.25) is 0 Å². The van der Waals surface area contributed by atoms with Crippen LogP contribution in [0.15, 0.2) is 126 Å². The van der Waals surface area contributed by atoms with Crippen molar-refractivity contribution in [2.45, 2.75) is 37.3 Å². The van der Waals surface area contributed by atoms with E-state index in [1.54, 1.807) is 11.8 Å². The van der Waals surface area contributed by atoms with E-state index in [1.807, 2.05) is 48.5 Å². The van der Waals surface area contributed by atoms with E-state index < -0.39 is 5.92 Å². The van der Waals surface area contributed by atoms with Crippen molar-refractivity contribution < 1.29 is 9.53 Å². The lowest BCUT2D eigenvalue weighted by atomic mass is 9.89. The fraction of sp³-hybridized carbons (Fsp3) is 0.162. The Hall–Kier alpha value is -4.28. The fourth-order valence-corrected chi connectivity index (χ4v) is 6.69. The molecule has 1 aromatic heterocycles. The quantitative estimate of drug-likeness (QED) is 0.132. The van der Waals surface area contributed by atoms with Gasteiger partial charge in [-0.3, -0.25) is 4.79 Å². The lowest BCUT2D eigenvalue weighted by molar-refractivity contribution is -0.146. The van der Waals surface area contributed by atoms with Crippen LogP contribution in [0, 0.1) is 6.92 Å². The molecule has 204 valence electrons. The molecule has 1 atom stereocenters. The van der Waals surface area contributed by atoms with Gasteiger partial charge in [-0.15, -0.1) is 11.8 Å². The van der Waals surface area contributed by atoms with Gasteiger partial charge in [-0.1, -0.05) is 115 Å². The monoisotopic (exact) mass is 555 g/mol. The first-order valence-electron chi connectivity index (χ1n) is 14.0. The van der Waals surface area contributed by atoms with Crippen LogP contribution in [-0.2, 0) is 29.1 Å². The average molecular weight is 556 g/mol. The van der Waals surface area contributed by atoms with Crippen LogP contribution in [0.1, 0.15) is 33.7 Å². The molecule has 0 aliphatic heterocycles. The van der Waals surface area contributed by atoms with Crippen molar-refractivity contribution in [3.05, 3.63) is 149 Å². The number of benzene rings is 5. The third-order valence-corrected chi connectivity index (χ3v) is 8.61. The zero-order valence-electron chi connectivity index (χ0n) is 23.4. The van der Waals surface area contributed by atoms with Gasteiger partial charge < -0.3 is 9.30 Å². The average Bonchev–Trinajstić information content (AvgIpc) is 3.34. The maximum atomic E-state index is 13.9. The molecular formula is C37H33NO2S. The van der Waals surface area contributed by atoms with E-state index in [1.165, 1.54) is 32.9 Å². The van der Waals surface area contributed by atoms with Gasteiger partial charge in [-0.25, -0.2) is 0 Å². The molecule has 0 radical (unpaired) electrons. The number of carbonyl (C=O) groups is 1. The molecule has 0 fully saturated rings. The Morgan fingerprint density at radius 3 is 2.02 bits per heavy atom. The van der Waals surface area contributed by atoms with E-state index in [0.29, 0.717) is 6.42 Å². The molecule has 0 spiro atoms. The van der Waals surface area contributed by atoms with E-state index in [2.05, 4.69) is 90.5 Å². The zero-order valence-corrected chi connectivity index (χ0v) is 24.2. The smallest absolute Gasteiger partial charge is 0.314 e. The second-order valence-corrected chi connectivity index (χ2v) is 11.3. The number of esters is 1. The van der Waals surface area contributed by atoms with Gasteiger partial charge in [-0.2, -0.15) is 0 Å². The minimum Gasteiger partial charge on any atom is -0.460 e. The summed E-state index contributed by atoms with van der Waals surface area (Å²) in [5.41, 5.74) is 7.93. The predicted octanol–water partition coefficient (Wildman–Crippen LogP) is 8.94. The molecule has 5 aromatic carbocycles. The number of ether oxygens (including phenoxy) is 1. The molecule has 0 N–H and O–H groups in total. The molecule has 0 bridgehead atoms. The van der Waals surface area contributed by atoms with Crippen LogP contribution in [0.4, 0.5) is 0 Å². The molecular weight excluding hydrogens is 522 g/mol. The third kappa shape index (κ3) is 5.53. The van der Waals surface area contributed by atoms with Gasteiger partial charge in [0, 0.05) is 27.7 Å². The summed E-state index contributed by atoms with van der Waals surface area (Å²) in [5, 5.41) is 2.49. The Balaban J connectivity index is 1.52. The Kier molecular flexibility index (Phi) is 7.93. The number of fused-ring (bicyclic) bond motifs is 3. The highest BCUT2D eigenvalue weighted by molar-refractivity contribution is 7.98. The van der Waals surface area contributed by atoms with Crippen molar-refractivity contribution >= 4 is 39.5 Å². The first-order valence-corrected chi connectivity index (χ1v) is 15.2. The van der Waals surface area contributed by atoms with Gasteiger partial charge in [0.15, 0.2) is 0 Å². The van der Waals surface area contributed by atoms with Crippen molar-refractivity contribution in [1.29, 1.82) is 0 Å². The van der Waals surface area contributed by atoms with Gasteiger partial charge >= 0.3 is 5.97 Å². The van der Waals surface area contributed by atoms with E-state index in [-0.39, 0.29) is 12.6 Å². The van der Waals surface area contributed by atoms with Crippen LogP contribution in [0.3, 0.4) is 0 Å². The summed E-state index contributed by atoms with van der Waals surface area (Å²) in [4.78, 5) is 15.1. The summed E-state index contributed by atoms with van der Waals surface area (Å²) in [6.07, 6.45) is 2.69. The van der Waals surface area contributed by atoms with Gasteiger partial charge in [0.2, 0.25) is 0 Å². The summed E-state index contributed by atoms with van der Waals surface area (Å²) in [6, 6.07) is 41.6. The van der Waals surface area contributed by atoms with Crippen molar-refractivity contribution in [2.75, 3.05) is 6.26 Å². The number of rotatable bonds is 9. The molecule has 0 aliphatic rings. The number of aromatic nitrogens is 1. The van der Waals surface area contributed by atoms with E-state index in [9.17, 15) is 4.79 Å². The Morgan fingerprint density at radius 2 is 1.37 bits per heavy atom. The summed E-state index contributed by atoms with van der Waals surface area (Å²) in [7, 11) is 0. The summed E-state index contributed by atoms with van der Waals surface area (Å²) >= 11 is 1.72. The van der Waals surface area contributed by atoms with Crippen molar-refractivity contribution in [3.8, 4) is 0 Å². The minimum absolute atomic E-state index is 0.197. The number of hydrogen-bond acceptors (Lipinski definition) is 3. The summed E-state index contributed by atoms with van der Waals surface area (Å²) in [5.74, 6) is -0.632. The first-order chi connectivity index (χ1) is 20.1. The SMILES string of the molecule is CSc1c(C(Cc2ccccc2)C(=O)OCc2ccccc2)cc(C)c2c3ccccc3n(Cc3ccccc3)c12. The highest BCUT2D eigenvalue weighted by Crippen LogP contribution is 2.42. The van der Waals surface area contributed by atoms with E-state index in [4.69, 9.17) is 4.74 Å². The predicted molar refractivity (Wildman–Crippen MR) is 171 cm³/mol. The number of aryl methyl sites for hydroxylation is 1. The number of carbonyl (C=O) groups excluding carboxylic acids is 1. The molecule has 0 aliphatic carbocycles. The van der Waals surface area contributed by atoms with Crippen molar-refractivity contribution in [3.63, 3.8) is 0 Å². The van der Waals surface area contributed by atoms with Gasteiger partial charge in [0.1, 0.15) is 6.61 Å².